The van der Waals surface area contributed by atoms with E-state index in [2.05, 4.69) is 10.6 Å². The third kappa shape index (κ3) is 5.01. The summed E-state index contributed by atoms with van der Waals surface area (Å²) in [6, 6.07) is 8.23. The first-order chi connectivity index (χ1) is 14.5. The first-order valence-corrected chi connectivity index (χ1v) is 10.8. The second-order valence-electron chi connectivity index (χ2n) is 9.43. The number of hydrogen-bond acceptors (Lipinski definition) is 5. The summed E-state index contributed by atoms with van der Waals surface area (Å²) in [6.45, 7) is 9.86. The molecule has 2 heterocycles. The minimum absolute atomic E-state index is 0.0918. The highest BCUT2D eigenvalue weighted by Gasteiger charge is 2.59. The van der Waals surface area contributed by atoms with Crippen LogP contribution in [0.15, 0.2) is 30.3 Å². The molecule has 8 heteroatoms. The average Bonchev–Trinajstić information content (AvgIpc) is 3.07. The predicted molar refractivity (Wildman–Crippen MR) is 115 cm³/mol. The highest BCUT2D eigenvalue weighted by molar-refractivity contribution is 5.99. The molecule has 2 aliphatic heterocycles. The first kappa shape index (κ1) is 23.1. The van der Waals surface area contributed by atoms with Crippen LogP contribution in [-0.2, 0) is 25.7 Å². The minimum atomic E-state index is -0.978. The molecule has 4 atom stereocenters. The van der Waals surface area contributed by atoms with Crippen molar-refractivity contribution < 1.29 is 23.9 Å². The number of likely N-dealkylation sites (tertiary alicyclic amines) is 1. The van der Waals surface area contributed by atoms with Crippen LogP contribution in [0, 0.1) is 0 Å². The Kier molecular flexibility index (Phi) is 6.59. The number of nitrogens with one attached hydrogen (secondary N) is 2. The Morgan fingerprint density at radius 1 is 1.29 bits per heavy atom. The Morgan fingerprint density at radius 3 is 2.52 bits per heavy atom. The molecule has 1 aromatic rings. The van der Waals surface area contributed by atoms with Gasteiger partial charge in [0.15, 0.2) is 0 Å². The molecule has 2 aliphatic rings. The third-order valence-electron chi connectivity index (χ3n) is 5.84. The molecule has 8 nitrogen and oxygen atoms in total. The van der Waals surface area contributed by atoms with Crippen molar-refractivity contribution >= 4 is 17.9 Å². The molecule has 3 rings (SSSR count). The lowest BCUT2D eigenvalue weighted by Crippen LogP contribution is -2.74. The molecule has 2 unspecified atom stereocenters. The van der Waals surface area contributed by atoms with Crippen molar-refractivity contribution in [3.63, 3.8) is 0 Å². The van der Waals surface area contributed by atoms with E-state index >= 15 is 0 Å². The van der Waals surface area contributed by atoms with E-state index in [-0.39, 0.29) is 24.5 Å². The highest BCUT2D eigenvalue weighted by atomic mass is 16.6. The van der Waals surface area contributed by atoms with Gasteiger partial charge in [0, 0.05) is 6.04 Å². The lowest BCUT2D eigenvalue weighted by atomic mass is 9.87. The molecule has 2 fully saturated rings. The summed E-state index contributed by atoms with van der Waals surface area (Å²) in [7, 11) is 0. The van der Waals surface area contributed by atoms with Crippen LogP contribution in [0.1, 0.15) is 53.0 Å². The van der Waals surface area contributed by atoms with Gasteiger partial charge in [0.25, 0.3) is 0 Å². The van der Waals surface area contributed by atoms with E-state index in [1.807, 2.05) is 58.0 Å². The van der Waals surface area contributed by atoms with Gasteiger partial charge in [-0.05, 0) is 53.0 Å². The summed E-state index contributed by atoms with van der Waals surface area (Å²) in [5.74, 6) is -0.465. The van der Waals surface area contributed by atoms with Crippen molar-refractivity contribution in [2.24, 2.45) is 0 Å². The van der Waals surface area contributed by atoms with Gasteiger partial charge in [0.1, 0.15) is 18.2 Å². The molecule has 170 valence electrons. The van der Waals surface area contributed by atoms with Gasteiger partial charge in [-0.1, -0.05) is 30.3 Å². The van der Waals surface area contributed by atoms with Crippen molar-refractivity contribution in [1.29, 1.82) is 0 Å². The molecule has 0 radical (unpaired) electrons. The Balaban J connectivity index is 1.76. The number of amides is 3. The smallest absolute Gasteiger partial charge is 0.408 e. The summed E-state index contributed by atoms with van der Waals surface area (Å²) in [5, 5.41) is 5.45. The van der Waals surface area contributed by atoms with Crippen molar-refractivity contribution in [2.75, 3.05) is 6.54 Å². The van der Waals surface area contributed by atoms with E-state index in [9.17, 15) is 14.4 Å². The number of alkyl carbamates (subject to hydrolysis) is 1. The molecule has 2 saturated heterocycles. The van der Waals surface area contributed by atoms with Crippen LogP contribution in [-0.4, -0.2) is 58.7 Å². The molecule has 0 saturated carbocycles. The Morgan fingerprint density at radius 2 is 1.97 bits per heavy atom. The van der Waals surface area contributed by atoms with Crippen LogP contribution in [0.5, 0.6) is 0 Å². The fourth-order valence-electron chi connectivity index (χ4n) is 4.36. The highest BCUT2D eigenvalue weighted by Crippen LogP contribution is 2.38. The number of hydrogen-bond donors (Lipinski definition) is 2. The van der Waals surface area contributed by atoms with Gasteiger partial charge in [0.2, 0.25) is 11.8 Å². The van der Waals surface area contributed by atoms with Crippen LogP contribution in [0.2, 0.25) is 0 Å². The second-order valence-corrected chi connectivity index (χ2v) is 9.43. The van der Waals surface area contributed by atoms with E-state index in [0.29, 0.717) is 13.0 Å². The number of carbonyl (C=O) groups is 3. The van der Waals surface area contributed by atoms with Gasteiger partial charge >= 0.3 is 6.09 Å². The van der Waals surface area contributed by atoms with Crippen molar-refractivity contribution in [3.05, 3.63) is 35.9 Å². The van der Waals surface area contributed by atoms with E-state index < -0.39 is 29.4 Å². The molecule has 3 amide bonds. The molecule has 31 heavy (non-hydrogen) atoms. The van der Waals surface area contributed by atoms with Crippen LogP contribution >= 0.6 is 0 Å². The minimum Gasteiger partial charge on any atom is -0.445 e. The number of nitrogens with zero attached hydrogens (tertiary/aromatic N) is 1. The SMILES string of the molecule is CC1CCC2(CNC2=O)N1C(=O)[C@@H](NC(=O)OCc1ccccc1)[C@@H](C)OC(C)(C)C. The quantitative estimate of drug-likeness (QED) is 0.674. The van der Waals surface area contributed by atoms with E-state index in [4.69, 9.17) is 9.47 Å². The summed E-state index contributed by atoms with van der Waals surface area (Å²) in [6.07, 6.45) is 0.0276. The van der Waals surface area contributed by atoms with Crippen LogP contribution in [0.4, 0.5) is 4.79 Å². The molecule has 1 aromatic carbocycles. The Bertz CT molecular complexity index is 822. The summed E-state index contributed by atoms with van der Waals surface area (Å²) in [5.41, 5.74) is -0.501. The van der Waals surface area contributed by atoms with Crippen LogP contribution in [0.3, 0.4) is 0 Å². The second kappa shape index (κ2) is 8.86. The third-order valence-corrected chi connectivity index (χ3v) is 5.84. The topological polar surface area (TPSA) is 97.0 Å². The summed E-state index contributed by atoms with van der Waals surface area (Å²) >= 11 is 0. The number of carbonyl (C=O) groups excluding carboxylic acids is 3. The zero-order chi connectivity index (χ0) is 22.8. The Hall–Kier alpha value is -2.61. The van der Waals surface area contributed by atoms with Crippen LogP contribution in [0.25, 0.3) is 0 Å². The molecule has 0 bridgehead atoms. The summed E-state index contributed by atoms with van der Waals surface area (Å²) < 4.78 is 11.3. The predicted octanol–water partition coefficient (Wildman–Crippen LogP) is 2.36. The van der Waals surface area contributed by atoms with E-state index in [1.54, 1.807) is 11.8 Å². The van der Waals surface area contributed by atoms with E-state index in [0.717, 1.165) is 12.0 Å². The average molecular weight is 432 g/mol. The van der Waals surface area contributed by atoms with Gasteiger partial charge in [0.05, 0.1) is 18.2 Å². The maximum absolute atomic E-state index is 13.6. The molecular formula is C23H33N3O5. The van der Waals surface area contributed by atoms with Crippen molar-refractivity contribution in [1.82, 2.24) is 15.5 Å². The maximum atomic E-state index is 13.6. The summed E-state index contributed by atoms with van der Waals surface area (Å²) in [4.78, 5) is 40.2. The van der Waals surface area contributed by atoms with Gasteiger partial charge < -0.3 is 25.0 Å². The van der Waals surface area contributed by atoms with E-state index in [1.165, 1.54) is 0 Å². The normalized spacial score (nSPS) is 24.9. The van der Waals surface area contributed by atoms with Gasteiger partial charge in [-0.3, -0.25) is 9.59 Å². The zero-order valence-corrected chi connectivity index (χ0v) is 18.9. The standard InChI is InChI=1S/C23H33N3O5/c1-15-11-12-23(14-24-20(23)28)26(15)19(27)18(16(2)31-22(3,4)5)25-21(29)30-13-17-9-7-6-8-10-17/h6-10,15-16,18H,11-14H2,1-5H3,(H,24,28)(H,25,29)/t15?,16-,18+,23?/m1/s1. The molecular weight excluding hydrogens is 398 g/mol. The monoisotopic (exact) mass is 431 g/mol. The molecule has 0 aliphatic carbocycles. The molecule has 0 aromatic heterocycles. The number of ether oxygens (including phenoxy) is 2. The Labute approximate surface area is 183 Å². The van der Waals surface area contributed by atoms with Crippen molar-refractivity contribution in [3.8, 4) is 0 Å². The molecule has 1 spiro atoms. The zero-order valence-electron chi connectivity index (χ0n) is 18.9. The van der Waals surface area contributed by atoms with Gasteiger partial charge in [-0.25, -0.2) is 4.79 Å². The fourth-order valence-corrected chi connectivity index (χ4v) is 4.36. The van der Waals surface area contributed by atoms with Crippen LogP contribution < -0.4 is 10.6 Å². The van der Waals surface area contributed by atoms with Gasteiger partial charge in [-0.15, -0.1) is 0 Å². The molecule has 2 N–H and O–H groups in total. The maximum Gasteiger partial charge on any atom is 0.408 e. The first-order valence-electron chi connectivity index (χ1n) is 10.8. The van der Waals surface area contributed by atoms with Crippen molar-refractivity contribution in [2.45, 2.75) is 83.4 Å². The number of rotatable bonds is 6. The number of benzene rings is 1. The lowest BCUT2D eigenvalue weighted by Gasteiger charge is -2.47. The van der Waals surface area contributed by atoms with Gasteiger partial charge in [-0.2, -0.15) is 0 Å². The fraction of sp³-hybridized carbons (Fsp3) is 0.609. The number of β-lactam (4-membered cyclic amide) rings is 1. The largest absolute Gasteiger partial charge is 0.445 e. The lowest BCUT2D eigenvalue weighted by molar-refractivity contribution is -0.159.